The number of amides is 3. The standard InChI is InChI=1S/C20H21ClN4O3/c1-24(2)16-8-7-13(21)11-15(16)23-18(26)9-10-20(28)25-12-19(27)22-14-5-3-4-6-17(14)25/h3-8,11H,9-10,12H2,1-2H3,(H,22,27)(H,23,26). The number of carbonyl (C=O) groups is 3. The second-order valence-corrected chi connectivity index (χ2v) is 7.09. The third-order valence-corrected chi connectivity index (χ3v) is 4.59. The Kier molecular flexibility index (Phi) is 5.84. The maximum atomic E-state index is 12.6. The molecular formula is C20H21ClN4O3. The van der Waals surface area contributed by atoms with Crippen LogP contribution in [0.5, 0.6) is 0 Å². The number of benzene rings is 2. The van der Waals surface area contributed by atoms with Crippen LogP contribution in [-0.2, 0) is 14.4 Å². The number of para-hydroxylation sites is 2. The van der Waals surface area contributed by atoms with Gasteiger partial charge in [0.1, 0.15) is 6.54 Å². The van der Waals surface area contributed by atoms with Gasteiger partial charge in [-0.25, -0.2) is 0 Å². The molecule has 0 atom stereocenters. The Hall–Kier alpha value is -3.06. The zero-order valence-corrected chi connectivity index (χ0v) is 16.4. The number of nitrogens with zero attached hydrogens (tertiary/aromatic N) is 2. The molecule has 8 heteroatoms. The molecule has 2 aromatic carbocycles. The molecule has 1 aliphatic rings. The normalized spacial score (nSPS) is 12.8. The van der Waals surface area contributed by atoms with Gasteiger partial charge in [0.05, 0.1) is 22.7 Å². The predicted molar refractivity (Wildman–Crippen MR) is 111 cm³/mol. The Morgan fingerprint density at radius 2 is 1.93 bits per heavy atom. The first kappa shape index (κ1) is 19.7. The van der Waals surface area contributed by atoms with Crippen molar-refractivity contribution in [1.82, 2.24) is 0 Å². The van der Waals surface area contributed by atoms with E-state index in [2.05, 4.69) is 10.6 Å². The maximum Gasteiger partial charge on any atom is 0.244 e. The van der Waals surface area contributed by atoms with Crippen molar-refractivity contribution in [3.05, 3.63) is 47.5 Å². The summed E-state index contributed by atoms with van der Waals surface area (Å²) in [6, 6.07) is 12.3. The molecule has 0 aliphatic carbocycles. The van der Waals surface area contributed by atoms with E-state index in [-0.39, 0.29) is 37.1 Å². The molecule has 1 heterocycles. The zero-order chi connectivity index (χ0) is 20.3. The van der Waals surface area contributed by atoms with E-state index < -0.39 is 0 Å². The average molecular weight is 401 g/mol. The molecule has 1 aliphatic heterocycles. The Morgan fingerprint density at radius 3 is 2.68 bits per heavy atom. The van der Waals surface area contributed by atoms with Crippen molar-refractivity contribution < 1.29 is 14.4 Å². The van der Waals surface area contributed by atoms with Gasteiger partial charge in [-0.2, -0.15) is 0 Å². The lowest BCUT2D eigenvalue weighted by atomic mass is 10.1. The second kappa shape index (κ2) is 8.31. The van der Waals surface area contributed by atoms with Crippen LogP contribution >= 0.6 is 11.6 Å². The largest absolute Gasteiger partial charge is 0.376 e. The lowest BCUT2D eigenvalue weighted by molar-refractivity contribution is -0.124. The quantitative estimate of drug-likeness (QED) is 0.808. The van der Waals surface area contributed by atoms with Gasteiger partial charge in [-0.15, -0.1) is 0 Å². The summed E-state index contributed by atoms with van der Waals surface area (Å²) in [5.74, 6) is -0.837. The number of nitrogens with one attached hydrogen (secondary N) is 2. The number of hydrogen-bond donors (Lipinski definition) is 2. The number of rotatable bonds is 5. The molecule has 0 spiro atoms. The molecule has 28 heavy (non-hydrogen) atoms. The molecule has 3 rings (SSSR count). The summed E-state index contributed by atoms with van der Waals surface area (Å²) in [5, 5.41) is 6.05. The summed E-state index contributed by atoms with van der Waals surface area (Å²) >= 11 is 6.03. The molecule has 0 radical (unpaired) electrons. The third-order valence-electron chi connectivity index (χ3n) is 4.35. The number of anilines is 4. The van der Waals surface area contributed by atoms with E-state index in [1.54, 1.807) is 36.4 Å². The molecule has 0 saturated heterocycles. The maximum absolute atomic E-state index is 12.6. The van der Waals surface area contributed by atoms with Gasteiger partial charge < -0.3 is 20.4 Å². The van der Waals surface area contributed by atoms with Crippen molar-refractivity contribution in [2.75, 3.05) is 41.1 Å². The van der Waals surface area contributed by atoms with Crippen LogP contribution in [0, 0.1) is 0 Å². The van der Waals surface area contributed by atoms with E-state index in [0.29, 0.717) is 22.1 Å². The Morgan fingerprint density at radius 1 is 1.18 bits per heavy atom. The lowest BCUT2D eigenvalue weighted by Crippen LogP contribution is -2.42. The van der Waals surface area contributed by atoms with Crippen LogP contribution in [0.4, 0.5) is 22.7 Å². The van der Waals surface area contributed by atoms with E-state index >= 15 is 0 Å². The summed E-state index contributed by atoms with van der Waals surface area (Å²) in [5.41, 5.74) is 2.62. The third kappa shape index (κ3) is 4.43. The van der Waals surface area contributed by atoms with Crippen LogP contribution in [0.3, 0.4) is 0 Å². The Bertz CT molecular complexity index is 929. The molecule has 0 unspecified atom stereocenters. The lowest BCUT2D eigenvalue weighted by Gasteiger charge is -2.29. The van der Waals surface area contributed by atoms with Crippen LogP contribution in [0.1, 0.15) is 12.8 Å². The summed E-state index contributed by atoms with van der Waals surface area (Å²) in [7, 11) is 3.72. The monoisotopic (exact) mass is 400 g/mol. The van der Waals surface area contributed by atoms with Crippen molar-refractivity contribution in [1.29, 1.82) is 0 Å². The fraction of sp³-hybridized carbons (Fsp3) is 0.250. The van der Waals surface area contributed by atoms with E-state index in [1.165, 1.54) is 4.90 Å². The van der Waals surface area contributed by atoms with Crippen LogP contribution in [0.25, 0.3) is 0 Å². The summed E-state index contributed by atoms with van der Waals surface area (Å²) in [6.07, 6.45) is -0.0101. The van der Waals surface area contributed by atoms with Crippen LogP contribution in [0.15, 0.2) is 42.5 Å². The Labute approximate surface area is 168 Å². The first-order chi connectivity index (χ1) is 13.3. The highest BCUT2D eigenvalue weighted by Gasteiger charge is 2.26. The molecule has 0 bridgehead atoms. The van der Waals surface area contributed by atoms with Crippen molar-refractivity contribution >= 4 is 52.1 Å². The van der Waals surface area contributed by atoms with E-state index in [0.717, 1.165) is 5.69 Å². The van der Waals surface area contributed by atoms with Gasteiger partial charge in [-0.3, -0.25) is 14.4 Å². The van der Waals surface area contributed by atoms with Crippen molar-refractivity contribution in [2.24, 2.45) is 0 Å². The fourth-order valence-corrected chi connectivity index (χ4v) is 3.19. The van der Waals surface area contributed by atoms with Gasteiger partial charge >= 0.3 is 0 Å². The number of carbonyl (C=O) groups excluding carboxylic acids is 3. The van der Waals surface area contributed by atoms with E-state index in [4.69, 9.17) is 11.6 Å². The average Bonchev–Trinajstić information content (AvgIpc) is 2.65. The first-order valence-corrected chi connectivity index (χ1v) is 9.19. The highest BCUT2D eigenvalue weighted by molar-refractivity contribution is 6.31. The van der Waals surface area contributed by atoms with Crippen molar-refractivity contribution in [3.8, 4) is 0 Å². The summed E-state index contributed by atoms with van der Waals surface area (Å²) in [6.45, 7) is -0.0590. The van der Waals surface area contributed by atoms with E-state index in [1.807, 2.05) is 25.1 Å². The number of hydrogen-bond acceptors (Lipinski definition) is 4. The molecule has 146 valence electrons. The van der Waals surface area contributed by atoms with Gasteiger partial charge in [0.15, 0.2) is 0 Å². The highest BCUT2D eigenvalue weighted by atomic mass is 35.5. The SMILES string of the molecule is CN(C)c1ccc(Cl)cc1NC(=O)CCC(=O)N1CC(=O)Nc2ccccc21. The summed E-state index contributed by atoms with van der Waals surface area (Å²) < 4.78 is 0. The van der Waals surface area contributed by atoms with Crippen LogP contribution in [-0.4, -0.2) is 38.4 Å². The molecule has 7 nitrogen and oxygen atoms in total. The van der Waals surface area contributed by atoms with Crippen LogP contribution < -0.4 is 20.4 Å². The van der Waals surface area contributed by atoms with Gasteiger partial charge in [0.2, 0.25) is 17.7 Å². The van der Waals surface area contributed by atoms with Gasteiger partial charge in [-0.05, 0) is 30.3 Å². The minimum Gasteiger partial charge on any atom is -0.376 e. The van der Waals surface area contributed by atoms with Crippen molar-refractivity contribution in [3.63, 3.8) is 0 Å². The fourth-order valence-electron chi connectivity index (χ4n) is 3.02. The molecule has 3 amide bonds. The number of fused-ring (bicyclic) bond motifs is 1. The van der Waals surface area contributed by atoms with E-state index in [9.17, 15) is 14.4 Å². The topological polar surface area (TPSA) is 81.8 Å². The van der Waals surface area contributed by atoms with Gasteiger partial charge in [0, 0.05) is 32.0 Å². The molecule has 0 saturated carbocycles. The first-order valence-electron chi connectivity index (χ1n) is 8.81. The highest BCUT2D eigenvalue weighted by Crippen LogP contribution is 2.30. The summed E-state index contributed by atoms with van der Waals surface area (Å²) in [4.78, 5) is 40.1. The Balaban J connectivity index is 1.65. The molecule has 2 aromatic rings. The van der Waals surface area contributed by atoms with Crippen LogP contribution in [0.2, 0.25) is 5.02 Å². The van der Waals surface area contributed by atoms with Crippen molar-refractivity contribution in [2.45, 2.75) is 12.8 Å². The molecule has 0 aromatic heterocycles. The van der Waals surface area contributed by atoms with Gasteiger partial charge in [0.25, 0.3) is 0 Å². The number of halogens is 1. The smallest absolute Gasteiger partial charge is 0.244 e. The molecule has 2 N–H and O–H groups in total. The molecular weight excluding hydrogens is 380 g/mol. The second-order valence-electron chi connectivity index (χ2n) is 6.65. The minimum atomic E-state index is -0.298. The van der Waals surface area contributed by atoms with Gasteiger partial charge in [-0.1, -0.05) is 23.7 Å². The zero-order valence-electron chi connectivity index (χ0n) is 15.7. The molecule has 0 fully saturated rings. The predicted octanol–water partition coefficient (Wildman–Crippen LogP) is 3.11. The minimum absolute atomic E-state index is 0.00149.